The van der Waals surface area contributed by atoms with E-state index in [1.165, 1.54) is 0 Å². The molecule has 0 amide bonds. The number of rotatable bonds is 0. The summed E-state index contributed by atoms with van der Waals surface area (Å²) in [4.78, 5) is 0. The van der Waals surface area contributed by atoms with Gasteiger partial charge in [0, 0.05) is 0 Å². The van der Waals surface area contributed by atoms with E-state index >= 15 is 0 Å². The Labute approximate surface area is 140 Å². The summed E-state index contributed by atoms with van der Waals surface area (Å²) in [6.45, 7) is 0. The summed E-state index contributed by atoms with van der Waals surface area (Å²) in [5.74, 6) is 4.55. The predicted octanol–water partition coefficient (Wildman–Crippen LogP) is 2.87. The van der Waals surface area contributed by atoms with E-state index in [1.807, 2.05) is 60.7 Å². The number of benzene rings is 2. The fourth-order valence-corrected chi connectivity index (χ4v) is 1.04. The monoisotopic (exact) mass is 290 g/mol. The SMILES string of the molecule is [C-]#Cc1ccccc1.[C-]#Cc1ccccc1.[Sr+2]. The van der Waals surface area contributed by atoms with Crippen molar-refractivity contribution in [2.75, 3.05) is 0 Å². The Hall–Kier alpha value is -0.959. The first-order valence-electron chi connectivity index (χ1n) is 4.82. The van der Waals surface area contributed by atoms with Crippen molar-refractivity contribution in [2.45, 2.75) is 0 Å². The molecule has 0 aromatic heterocycles. The molecule has 76 valence electrons. The average molecular weight is 290 g/mol. The van der Waals surface area contributed by atoms with E-state index in [0.717, 1.165) is 11.1 Å². The maximum atomic E-state index is 6.69. The molecule has 2 rings (SSSR count). The average Bonchev–Trinajstić information content (AvgIpc) is 2.41. The molecule has 0 spiro atoms. The summed E-state index contributed by atoms with van der Waals surface area (Å²) in [7, 11) is 0. The molecule has 0 radical (unpaired) electrons. The normalized spacial score (nSPS) is 7.41. The molecule has 1 heteroatoms. The molecule has 0 nitrogen and oxygen atoms in total. The second-order valence-electron chi connectivity index (χ2n) is 2.98. The van der Waals surface area contributed by atoms with Crippen molar-refractivity contribution in [3.8, 4) is 11.8 Å². The molecule has 0 saturated heterocycles. The van der Waals surface area contributed by atoms with Crippen LogP contribution in [0.4, 0.5) is 0 Å². The van der Waals surface area contributed by atoms with E-state index in [2.05, 4.69) is 11.8 Å². The Kier molecular flexibility index (Phi) is 9.63. The molecular weight excluding hydrogens is 280 g/mol. The van der Waals surface area contributed by atoms with Gasteiger partial charge >= 0.3 is 45.5 Å². The van der Waals surface area contributed by atoms with Gasteiger partial charge in [0.1, 0.15) is 0 Å². The van der Waals surface area contributed by atoms with Crippen LogP contribution in [-0.4, -0.2) is 45.5 Å². The van der Waals surface area contributed by atoms with Gasteiger partial charge in [0.2, 0.25) is 0 Å². The van der Waals surface area contributed by atoms with Gasteiger partial charge < -0.3 is 12.8 Å². The second-order valence-corrected chi connectivity index (χ2v) is 2.98. The third kappa shape index (κ3) is 7.05. The molecule has 0 aliphatic heterocycles. The summed E-state index contributed by atoms with van der Waals surface area (Å²) in [5.41, 5.74) is 1.65. The van der Waals surface area contributed by atoms with E-state index in [9.17, 15) is 0 Å². The second kappa shape index (κ2) is 10.2. The van der Waals surface area contributed by atoms with Gasteiger partial charge in [-0.2, -0.15) is 0 Å². The van der Waals surface area contributed by atoms with Gasteiger partial charge in [-0.25, -0.2) is 0 Å². The predicted molar refractivity (Wildman–Crippen MR) is 71.1 cm³/mol. The largest absolute Gasteiger partial charge is 2.00 e. The standard InChI is InChI=1S/2C8H5.Sr/c2*1-2-8-6-4-3-5-7-8;/h2*3-7H;/q2*-1;+2. The Balaban J connectivity index is 0.000000284. The zero-order chi connectivity index (χ0) is 11.6. The molecule has 0 atom stereocenters. The van der Waals surface area contributed by atoms with Crippen LogP contribution in [0.25, 0.3) is 0 Å². The quantitative estimate of drug-likeness (QED) is 0.397. The summed E-state index contributed by atoms with van der Waals surface area (Å²) in [5, 5.41) is 0. The maximum absolute atomic E-state index is 6.69. The third-order valence-electron chi connectivity index (χ3n) is 1.84. The van der Waals surface area contributed by atoms with Gasteiger partial charge in [-0.15, -0.1) is 35.4 Å². The summed E-state index contributed by atoms with van der Waals surface area (Å²) >= 11 is 0. The first-order valence-corrected chi connectivity index (χ1v) is 4.82. The smallest absolute Gasteiger partial charge is 0.366 e. The fraction of sp³-hybridized carbons (Fsp3) is 0. The zero-order valence-electron chi connectivity index (χ0n) is 9.48. The van der Waals surface area contributed by atoms with Crippen molar-refractivity contribution >= 4 is 45.5 Å². The van der Waals surface area contributed by atoms with Crippen LogP contribution in [0.1, 0.15) is 11.1 Å². The molecule has 2 aromatic carbocycles. The van der Waals surface area contributed by atoms with Crippen LogP contribution < -0.4 is 0 Å². The Morgan fingerprint density at radius 1 is 0.588 bits per heavy atom. The fourth-order valence-electron chi connectivity index (χ4n) is 1.04. The topological polar surface area (TPSA) is 0 Å². The van der Waals surface area contributed by atoms with Gasteiger partial charge in [-0.05, 0) is 0 Å². The van der Waals surface area contributed by atoms with Crippen molar-refractivity contribution in [1.82, 2.24) is 0 Å². The van der Waals surface area contributed by atoms with Crippen LogP contribution in [0.15, 0.2) is 60.7 Å². The molecule has 0 N–H and O–H groups in total. The Bertz CT molecular complexity index is 437. The molecular formula is C16H10Sr. The third-order valence-corrected chi connectivity index (χ3v) is 1.84. The van der Waals surface area contributed by atoms with Crippen LogP contribution in [0.2, 0.25) is 0 Å². The summed E-state index contributed by atoms with van der Waals surface area (Å²) in [6.07, 6.45) is 13.4. The summed E-state index contributed by atoms with van der Waals surface area (Å²) < 4.78 is 0. The maximum Gasteiger partial charge on any atom is 2.00 e. The van der Waals surface area contributed by atoms with Crippen LogP contribution in [-0.2, 0) is 0 Å². The van der Waals surface area contributed by atoms with Gasteiger partial charge in [0.05, 0.1) is 0 Å². The first-order chi connectivity index (χ1) is 7.86. The van der Waals surface area contributed by atoms with E-state index in [4.69, 9.17) is 12.8 Å². The van der Waals surface area contributed by atoms with E-state index < -0.39 is 0 Å². The van der Waals surface area contributed by atoms with Gasteiger partial charge in [0.15, 0.2) is 0 Å². The van der Waals surface area contributed by atoms with E-state index in [0.29, 0.717) is 0 Å². The first kappa shape index (κ1) is 16.0. The Morgan fingerprint density at radius 2 is 0.882 bits per heavy atom. The molecule has 0 heterocycles. The molecule has 0 aliphatic rings. The Morgan fingerprint density at radius 3 is 1.06 bits per heavy atom. The molecule has 0 aliphatic carbocycles. The van der Waals surface area contributed by atoms with Crippen LogP contribution >= 0.6 is 0 Å². The number of hydrogen-bond acceptors (Lipinski definition) is 0. The minimum atomic E-state index is 0. The number of hydrogen-bond donors (Lipinski definition) is 0. The van der Waals surface area contributed by atoms with E-state index in [1.54, 1.807) is 0 Å². The molecule has 0 saturated carbocycles. The molecule has 0 bridgehead atoms. The van der Waals surface area contributed by atoms with Crippen LogP contribution in [0, 0.1) is 24.7 Å². The molecule has 17 heavy (non-hydrogen) atoms. The molecule has 0 unspecified atom stereocenters. The molecule has 0 fully saturated rings. The van der Waals surface area contributed by atoms with Gasteiger partial charge in [-0.1, -0.05) is 36.4 Å². The molecule has 2 aromatic rings. The minimum Gasteiger partial charge on any atom is -0.366 e. The van der Waals surface area contributed by atoms with Gasteiger partial charge in [0.25, 0.3) is 0 Å². The van der Waals surface area contributed by atoms with Crippen LogP contribution in [0.5, 0.6) is 0 Å². The zero-order valence-corrected chi connectivity index (χ0v) is 13.0. The van der Waals surface area contributed by atoms with Crippen molar-refractivity contribution < 1.29 is 0 Å². The van der Waals surface area contributed by atoms with Crippen molar-refractivity contribution in [3.05, 3.63) is 84.6 Å². The van der Waals surface area contributed by atoms with Crippen LogP contribution in [0.3, 0.4) is 0 Å². The van der Waals surface area contributed by atoms with Gasteiger partial charge in [-0.3, -0.25) is 11.8 Å². The van der Waals surface area contributed by atoms with E-state index in [-0.39, 0.29) is 45.5 Å². The van der Waals surface area contributed by atoms with Crippen molar-refractivity contribution in [3.63, 3.8) is 0 Å². The summed E-state index contributed by atoms with van der Waals surface area (Å²) in [6, 6.07) is 18.7. The minimum absolute atomic E-state index is 0. The van der Waals surface area contributed by atoms with Crippen molar-refractivity contribution in [1.29, 1.82) is 0 Å². The van der Waals surface area contributed by atoms with Crippen molar-refractivity contribution in [2.24, 2.45) is 0 Å².